The summed E-state index contributed by atoms with van der Waals surface area (Å²) in [5, 5.41) is 10.4. The number of hydrogen-bond acceptors (Lipinski definition) is 2. The van der Waals surface area contributed by atoms with Gasteiger partial charge in [-0.1, -0.05) is 35.0 Å². The lowest BCUT2D eigenvalue weighted by molar-refractivity contribution is 0.461. The van der Waals surface area contributed by atoms with E-state index in [-0.39, 0.29) is 5.75 Å². The topological polar surface area (TPSA) is 42.2 Å². The first kappa shape index (κ1) is 13.5. The lowest BCUT2D eigenvalue weighted by Gasteiger charge is -1.99. The number of benzene rings is 1. The number of pyridine rings is 1. The van der Waals surface area contributed by atoms with Crippen LogP contribution >= 0.6 is 23.2 Å². The Kier molecular flexibility index (Phi) is 3.84. The van der Waals surface area contributed by atoms with E-state index >= 15 is 0 Å². The van der Waals surface area contributed by atoms with Crippen molar-refractivity contribution in [3.63, 3.8) is 0 Å². The van der Waals surface area contributed by atoms with Gasteiger partial charge >= 0.3 is 0 Å². The molecule has 96 valence electrons. The third-order valence-corrected chi connectivity index (χ3v) is 2.98. The zero-order valence-electron chi connectivity index (χ0n) is 9.95. The molecule has 0 aliphatic carbocycles. The molecular formula is C14H9Cl2NO2. The lowest BCUT2D eigenvalue weighted by Crippen LogP contribution is -2.15. The molecule has 1 heterocycles. The highest BCUT2D eigenvalue weighted by Gasteiger charge is 2.01. The normalized spacial score (nSPS) is 9.84. The summed E-state index contributed by atoms with van der Waals surface area (Å²) < 4.78 is 1.27. The molecule has 1 N–H and O–H groups in total. The maximum absolute atomic E-state index is 11.3. The van der Waals surface area contributed by atoms with E-state index in [2.05, 4.69) is 11.8 Å². The fourth-order valence-corrected chi connectivity index (χ4v) is 1.95. The Morgan fingerprint density at radius 2 is 1.95 bits per heavy atom. The number of aromatic nitrogens is 1. The Labute approximate surface area is 120 Å². The van der Waals surface area contributed by atoms with Crippen LogP contribution in [0.1, 0.15) is 11.1 Å². The minimum absolute atomic E-state index is 0.337. The van der Waals surface area contributed by atoms with Gasteiger partial charge in [0.1, 0.15) is 0 Å². The van der Waals surface area contributed by atoms with Gasteiger partial charge in [-0.05, 0) is 18.2 Å². The highest BCUT2D eigenvalue weighted by atomic mass is 35.5. The summed E-state index contributed by atoms with van der Waals surface area (Å²) in [6.07, 6.45) is 1.54. The van der Waals surface area contributed by atoms with Crippen molar-refractivity contribution in [2.24, 2.45) is 7.05 Å². The van der Waals surface area contributed by atoms with Gasteiger partial charge in [0.15, 0.2) is 5.75 Å². The van der Waals surface area contributed by atoms with E-state index in [4.69, 9.17) is 23.2 Å². The number of aryl methyl sites for hydroxylation is 1. The maximum Gasteiger partial charge on any atom is 0.292 e. The molecule has 1 aromatic heterocycles. The van der Waals surface area contributed by atoms with Crippen molar-refractivity contribution in [2.45, 2.75) is 0 Å². The summed E-state index contributed by atoms with van der Waals surface area (Å²) in [5.74, 6) is 5.36. The Hall–Kier alpha value is -1.89. The fourth-order valence-electron chi connectivity index (χ4n) is 1.49. The molecule has 0 atom stereocenters. The van der Waals surface area contributed by atoms with Gasteiger partial charge in [0.2, 0.25) is 0 Å². The second-order valence-electron chi connectivity index (χ2n) is 3.90. The molecule has 0 saturated heterocycles. The number of halogens is 2. The smallest absolute Gasteiger partial charge is 0.292 e. The predicted molar refractivity (Wildman–Crippen MR) is 75.8 cm³/mol. The van der Waals surface area contributed by atoms with E-state index in [1.54, 1.807) is 31.4 Å². The maximum atomic E-state index is 11.3. The van der Waals surface area contributed by atoms with Gasteiger partial charge in [0.25, 0.3) is 5.56 Å². The van der Waals surface area contributed by atoms with Crippen LogP contribution in [0, 0.1) is 11.8 Å². The van der Waals surface area contributed by atoms with E-state index in [0.717, 1.165) is 0 Å². The number of rotatable bonds is 0. The van der Waals surface area contributed by atoms with Crippen molar-refractivity contribution in [3.05, 3.63) is 62.0 Å². The van der Waals surface area contributed by atoms with Crippen molar-refractivity contribution < 1.29 is 5.11 Å². The molecule has 0 unspecified atom stereocenters. The van der Waals surface area contributed by atoms with E-state index in [0.29, 0.717) is 21.2 Å². The predicted octanol–water partition coefficient (Wildman–Crippen LogP) is 2.80. The Morgan fingerprint density at radius 3 is 2.58 bits per heavy atom. The first-order valence-electron chi connectivity index (χ1n) is 5.34. The molecule has 19 heavy (non-hydrogen) atoms. The summed E-state index contributed by atoms with van der Waals surface area (Å²) in [6.45, 7) is 0. The van der Waals surface area contributed by atoms with Crippen LogP contribution in [0.4, 0.5) is 0 Å². The molecule has 1 aromatic carbocycles. The summed E-state index contributed by atoms with van der Waals surface area (Å²) in [5.41, 5.74) is 0.681. The molecule has 0 saturated carbocycles. The third kappa shape index (κ3) is 3.11. The third-order valence-electron chi connectivity index (χ3n) is 2.44. The average molecular weight is 294 g/mol. The largest absolute Gasteiger partial charge is 0.503 e. The molecule has 0 spiro atoms. The van der Waals surface area contributed by atoms with Crippen molar-refractivity contribution in [2.75, 3.05) is 0 Å². The zero-order valence-corrected chi connectivity index (χ0v) is 11.5. The van der Waals surface area contributed by atoms with Crippen LogP contribution in [0.15, 0.2) is 35.3 Å². The summed E-state index contributed by atoms with van der Waals surface area (Å²) in [6, 6.07) is 6.32. The number of aromatic hydroxyl groups is 1. The van der Waals surface area contributed by atoms with Crippen molar-refractivity contribution in [1.82, 2.24) is 4.57 Å². The first-order valence-corrected chi connectivity index (χ1v) is 6.09. The molecule has 0 bridgehead atoms. The van der Waals surface area contributed by atoms with Crippen LogP contribution < -0.4 is 5.56 Å². The highest BCUT2D eigenvalue weighted by molar-refractivity contribution is 6.35. The molecule has 2 aromatic rings. The van der Waals surface area contributed by atoms with E-state index < -0.39 is 5.56 Å². The van der Waals surface area contributed by atoms with Gasteiger partial charge in [-0.25, -0.2) is 0 Å². The van der Waals surface area contributed by atoms with Gasteiger partial charge < -0.3 is 9.67 Å². The summed E-state index contributed by atoms with van der Waals surface area (Å²) in [4.78, 5) is 11.3. The molecule has 0 fully saturated rings. The zero-order chi connectivity index (χ0) is 14.0. The Balaban J connectivity index is 2.42. The van der Waals surface area contributed by atoms with Crippen LogP contribution in [0.3, 0.4) is 0 Å². The van der Waals surface area contributed by atoms with Crippen LogP contribution in [0.5, 0.6) is 5.75 Å². The molecule has 0 aliphatic rings. The van der Waals surface area contributed by atoms with Crippen molar-refractivity contribution in [3.8, 4) is 17.6 Å². The number of nitrogens with zero attached hydrogens (tertiary/aromatic N) is 1. The molecule has 5 heteroatoms. The minimum Gasteiger partial charge on any atom is -0.503 e. The summed E-state index contributed by atoms with van der Waals surface area (Å²) >= 11 is 11.8. The molecular weight excluding hydrogens is 285 g/mol. The van der Waals surface area contributed by atoms with Crippen LogP contribution in [0.25, 0.3) is 0 Å². The van der Waals surface area contributed by atoms with E-state index in [1.165, 1.54) is 10.6 Å². The van der Waals surface area contributed by atoms with E-state index in [1.807, 2.05) is 0 Å². The monoisotopic (exact) mass is 293 g/mol. The quantitative estimate of drug-likeness (QED) is 0.759. The van der Waals surface area contributed by atoms with Crippen molar-refractivity contribution in [1.29, 1.82) is 0 Å². The highest BCUT2D eigenvalue weighted by Crippen LogP contribution is 2.20. The van der Waals surface area contributed by atoms with Gasteiger partial charge in [-0.2, -0.15) is 0 Å². The Bertz CT molecular complexity index is 728. The van der Waals surface area contributed by atoms with Gasteiger partial charge in [0.05, 0.1) is 5.02 Å². The summed E-state index contributed by atoms with van der Waals surface area (Å²) in [7, 11) is 1.54. The second-order valence-corrected chi connectivity index (χ2v) is 4.75. The second kappa shape index (κ2) is 5.40. The SMILES string of the molecule is Cn1cc(C#Cc2ccc(Cl)cc2Cl)cc(O)c1=O. The minimum atomic E-state index is -0.463. The van der Waals surface area contributed by atoms with Gasteiger partial charge in [-0.3, -0.25) is 4.79 Å². The molecule has 0 radical (unpaired) electrons. The molecule has 0 aliphatic heterocycles. The number of hydrogen-bond donors (Lipinski definition) is 1. The lowest BCUT2D eigenvalue weighted by atomic mass is 10.2. The first-order chi connectivity index (χ1) is 8.97. The van der Waals surface area contributed by atoms with Gasteiger partial charge in [0, 0.05) is 35.5 Å². The van der Waals surface area contributed by atoms with Crippen LogP contribution in [-0.2, 0) is 7.05 Å². The standard InChI is InChI=1S/C14H9Cl2NO2/c1-17-8-9(6-13(18)14(17)19)2-3-10-4-5-11(15)7-12(10)16/h4-8,18H,1H3. The van der Waals surface area contributed by atoms with Crippen LogP contribution in [0.2, 0.25) is 10.0 Å². The fraction of sp³-hybridized carbons (Fsp3) is 0.0714. The average Bonchev–Trinajstić information content (AvgIpc) is 2.34. The van der Waals surface area contributed by atoms with Crippen LogP contribution in [-0.4, -0.2) is 9.67 Å². The van der Waals surface area contributed by atoms with Gasteiger partial charge in [-0.15, -0.1) is 0 Å². The van der Waals surface area contributed by atoms with E-state index in [9.17, 15) is 9.90 Å². The molecule has 3 nitrogen and oxygen atoms in total. The Morgan fingerprint density at radius 1 is 1.21 bits per heavy atom. The molecule has 2 rings (SSSR count). The molecule has 0 amide bonds. The van der Waals surface area contributed by atoms with Crippen molar-refractivity contribution >= 4 is 23.2 Å².